The molecule has 2 rings (SSSR count). The fourth-order valence-electron chi connectivity index (χ4n) is 1.78. The van der Waals surface area contributed by atoms with Crippen LogP contribution < -0.4 is 11.1 Å². The number of carbonyl (C=O) groups is 1. The van der Waals surface area contributed by atoms with Crippen LogP contribution in [0.5, 0.6) is 0 Å². The molecule has 0 unspecified atom stereocenters. The molecule has 1 aliphatic carbocycles. The van der Waals surface area contributed by atoms with Gasteiger partial charge in [0.15, 0.2) is 0 Å². The third kappa shape index (κ3) is 2.17. The largest absolute Gasteiger partial charge is 0.392 e. The van der Waals surface area contributed by atoms with Gasteiger partial charge in [0.05, 0.1) is 10.4 Å². The summed E-state index contributed by atoms with van der Waals surface area (Å²) in [5, 5.41) is 2.89. The van der Waals surface area contributed by atoms with Crippen LogP contribution in [0.25, 0.3) is 0 Å². The molecule has 0 heterocycles. The van der Waals surface area contributed by atoms with Crippen molar-refractivity contribution in [3.05, 3.63) is 29.3 Å². The number of hydrogen-bond acceptors (Lipinski definition) is 2. The van der Waals surface area contributed by atoms with E-state index in [1.165, 1.54) is 5.56 Å². The fourth-order valence-corrected chi connectivity index (χ4v) is 2.08. The van der Waals surface area contributed by atoms with Crippen molar-refractivity contribution in [1.82, 2.24) is 0 Å². The topological polar surface area (TPSA) is 55.1 Å². The second-order valence-corrected chi connectivity index (χ2v) is 5.14. The lowest BCUT2D eigenvalue weighted by Crippen LogP contribution is -2.35. The van der Waals surface area contributed by atoms with Crippen LogP contribution in [0.1, 0.15) is 24.0 Å². The van der Waals surface area contributed by atoms with Gasteiger partial charge in [-0.2, -0.15) is 0 Å². The number of amides is 1. The highest BCUT2D eigenvalue weighted by molar-refractivity contribution is 7.80. The van der Waals surface area contributed by atoms with Crippen molar-refractivity contribution in [3.63, 3.8) is 0 Å². The van der Waals surface area contributed by atoms with Crippen molar-refractivity contribution in [3.8, 4) is 0 Å². The predicted molar refractivity (Wildman–Crippen MR) is 73.0 cm³/mol. The number of hydrogen-bond donors (Lipinski definition) is 2. The number of benzene rings is 1. The van der Waals surface area contributed by atoms with Crippen molar-refractivity contribution in [2.45, 2.75) is 26.7 Å². The van der Waals surface area contributed by atoms with E-state index >= 15 is 0 Å². The van der Waals surface area contributed by atoms with Crippen LogP contribution in [0.15, 0.2) is 18.2 Å². The van der Waals surface area contributed by atoms with Gasteiger partial charge in [0, 0.05) is 5.69 Å². The molecule has 0 saturated heterocycles. The molecule has 1 aromatic carbocycles. The number of thiocarbonyl (C=S) groups is 1. The predicted octanol–water partition coefficient (Wildman–Crippen LogP) is 2.31. The Bertz CT molecular complexity index is 492. The molecule has 3 N–H and O–H groups in total. The summed E-state index contributed by atoms with van der Waals surface area (Å²) in [5.74, 6) is -0.0757. The van der Waals surface area contributed by atoms with E-state index in [1.54, 1.807) is 0 Å². The quantitative estimate of drug-likeness (QED) is 0.807. The van der Waals surface area contributed by atoms with Crippen molar-refractivity contribution in [1.29, 1.82) is 0 Å². The number of anilines is 1. The molecular weight excluding hydrogens is 232 g/mol. The van der Waals surface area contributed by atoms with Crippen molar-refractivity contribution in [2.75, 3.05) is 5.32 Å². The average molecular weight is 248 g/mol. The Labute approximate surface area is 106 Å². The summed E-state index contributed by atoms with van der Waals surface area (Å²) >= 11 is 4.95. The van der Waals surface area contributed by atoms with Crippen LogP contribution in [0.2, 0.25) is 0 Å². The Hall–Kier alpha value is -1.42. The first-order chi connectivity index (χ1) is 7.95. The zero-order valence-corrected chi connectivity index (χ0v) is 10.9. The molecule has 0 spiro atoms. The first-order valence-corrected chi connectivity index (χ1v) is 6.05. The summed E-state index contributed by atoms with van der Waals surface area (Å²) in [6, 6.07) is 5.85. The molecule has 1 aliphatic rings. The molecule has 1 amide bonds. The van der Waals surface area contributed by atoms with Crippen LogP contribution in [0.4, 0.5) is 5.69 Å². The van der Waals surface area contributed by atoms with Gasteiger partial charge in [0.1, 0.15) is 0 Å². The van der Waals surface area contributed by atoms with Crippen molar-refractivity contribution < 1.29 is 4.79 Å². The van der Waals surface area contributed by atoms with Crippen molar-refractivity contribution >= 4 is 28.8 Å². The highest BCUT2D eigenvalue weighted by Gasteiger charge is 2.52. The Morgan fingerprint density at radius 2 is 2.00 bits per heavy atom. The summed E-state index contributed by atoms with van der Waals surface area (Å²) < 4.78 is 0. The van der Waals surface area contributed by atoms with Gasteiger partial charge in [-0.05, 0) is 49.9 Å². The second-order valence-electron chi connectivity index (χ2n) is 4.70. The van der Waals surface area contributed by atoms with Crippen LogP contribution >= 0.6 is 12.2 Å². The smallest absolute Gasteiger partial charge is 0.237 e. The molecule has 0 bridgehead atoms. The molecule has 1 saturated carbocycles. The molecule has 3 nitrogen and oxygen atoms in total. The number of nitrogens with two attached hydrogens (primary N) is 1. The van der Waals surface area contributed by atoms with Crippen molar-refractivity contribution in [2.24, 2.45) is 11.1 Å². The van der Waals surface area contributed by atoms with E-state index in [9.17, 15) is 4.79 Å². The van der Waals surface area contributed by atoms with Crippen LogP contribution in [-0.4, -0.2) is 10.9 Å². The molecule has 0 atom stereocenters. The number of nitrogens with one attached hydrogen (secondary N) is 1. The first-order valence-electron chi connectivity index (χ1n) is 5.64. The Balaban J connectivity index is 2.14. The maximum absolute atomic E-state index is 12.1. The molecule has 90 valence electrons. The molecule has 0 aromatic heterocycles. The molecule has 0 aliphatic heterocycles. The molecule has 4 heteroatoms. The first kappa shape index (κ1) is 12.0. The molecule has 17 heavy (non-hydrogen) atoms. The number of carbonyl (C=O) groups excluding carboxylic acids is 1. The van der Waals surface area contributed by atoms with Gasteiger partial charge < -0.3 is 11.1 Å². The lowest BCUT2D eigenvalue weighted by molar-refractivity contribution is -0.118. The zero-order chi connectivity index (χ0) is 12.6. The van der Waals surface area contributed by atoms with Gasteiger partial charge >= 0.3 is 0 Å². The van der Waals surface area contributed by atoms with E-state index < -0.39 is 5.41 Å². The summed E-state index contributed by atoms with van der Waals surface area (Å²) in [5.41, 5.74) is 8.19. The second kappa shape index (κ2) is 4.11. The van der Waals surface area contributed by atoms with Gasteiger partial charge in [0.25, 0.3) is 0 Å². The normalized spacial score (nSPS) is 16.4. The Morgan fingerprint density at radius 1 is 1.35 bits per heavy atom. The summed E-state index contributed by atoms with van der Waals surface area (Å²) in [4.78, 5) is 12.4. The van der Waals surface area contributed by atoms with Gasteiger partial charge in [-0.25, -0.2) is 0 Å². The van der Waals surface area contributed by atoms with E-state index in [2.05, 4.69) is 5.32 Å². The molecule has 0 radical (unpaired) electrons. The summed E-state index contributed by atoms with van der Waals surface area (Å²) in [6.07, 6.45) is 1.53. The van der Waals surface area contributed by atoms with E-state index in [1.807, 2.05) is 32.0 Å². The monoisotopic (exact) mass is 248 g/mol. The fraction of sp³-hybridized carbons (Fsp3) is 0.385. The summed E-state index contributed by atoms with van der Waals surface area (Å²) in [6.45, 7) is 4.06. The van der Waals surface area contributed by atoms with Gasteiger partial charge in [-0.3, -0.25) is 4.79 Å². The lowest BCUT2D eigenvalue weighted by Gasteiger charge is -2.14. The minimum absolute atomic E-state index is 0.0757. The lowest BCUT2D eigenvalue weighted by atomic mass is 10.1. The van der Waals surface area contributed by atoms with Crippen LogP contribution in [0, 0.1) is 19.3 Å². The molecule has 1 fully saturated rings. The maximum Gasteiger partial charge on any atom is 0.237 e. The van der Waals surface area contributed by atoms with E-state index in [4.69, 9.17) is 18.0 Å². The van der Waals surface area contributed by atoms with Gasteiger partial charge in [-0.1, -0.05) is 18.3 Å². The van der Waals surface area contributed by atoms with E-state index in [-0.39, 0.29) is 5.91 Å². The number of aryl methyl sites for hydroxylation is 2. The van der Waals surface area contributed by atoms with Gasteiger partial charge in [0.2, 0.25) is 5.91 Å². The van der Waals surface area contributed by atoms with Crippen LogP contribution in [-0.2, 0) is 4.79 Å². The SMILES string of the molecule is Cc1ccc(NC(=O)C2(C(N)=S)CC2)cc1C. The summed E-state index contributed by atoms with van der Waals surface area (Å²) in [7, 11) is 0. The number of rotatable bonds is 3. The zero-order valence-electron chi connectivity index (χ0n) is 10.0. The average Bonchev–Trinajstić information content (AvgIpc) is 3.04. The highest BCUT2D eigenvalue weighted by atomic mass is 32.1. The third-order valence-corrected chi connectivity index (χ3v) is 3.81. The maximum atomic E-state index is 12.1. The van der Waals surface area contributed by atoms with E-state index in [0.717, 1.165) is 24.1 Å². The third-order valence-electron chi connectivity index (χ3n) is 3.42. The minimum Gasteiger partial charge on any atom is -0.392 e. The molecular formula is C13H16N2OS. The Morgan fingerprint density at radius 3 is 2.47 bits per heavy atom. The highest BCUT2D eigenvalue weighted by Crippen LogP contribution is 2.46. The van der Waals surface area contributed by atoms with Gasteiger partial charge in [-0.15, -0.1) is 0 Å². The van der Waals surface area contributed by atoms with Crippen LogP contribution in [0.3, 0.4) is 0 Å². The Kier molecular flexibility index (Phi) is 2.91. The van der Waals surface area contributed by atoms with E-state index in [0.29, 0.717) is 4.99 Å². The minimum atomic E-state index is -0.589. The standard InChI is InChI=1S/C13H16N2OS/c1-8-3-4-10(7-9(8)2)15-12(16)13(5-6-13)11(14)17/h3-4,7H,5-6H2,1-2H3,(H2,14,17)(H,15,16). The molecule has 1 aromatic rings.